The molecule has 152 valence electrons. The van der Waals surface area contributed by atoms with Gasteiger partial charge in [-0.3, -0.25) is 9.59 Å². The summed E-state index contributed by atoms with van der Waals surface area (Å²) in [6, 6.07) is 3.99. The van der Waals surface area contributed by atoms with Crippen LogP contribution >= 0.6 is 0 Å². The monoisotopic (exact) mass is 412 g/mol. The zero-order chi connectivity index (χ0) is 20.9. The SMILES string of the molecule is COc1ccc(S(=O)(=O)N(C)C)cc1NC(=O)COC(=O)C1=NNC(=O)CC1. The highest BCUT2D eigenvalue weighted by molar-refractivity contribution is 7.89. The Hall–Kier alpha value is -2.99. The van der Waals surface area contributed by atoms with Gasteiger partial charge in [0.05, 0.1) is 17.7 Å². The second-order valence-electron chi connectivity index (χ2n) is 5.87. The number of carbonyl (C=O) groups excluding carboxylic acids is 3. The van der Waals surface area contributed by atoms with E-state index in [0.717, 1.165) is 4.31 Å². The fourth-order valence-electron chi connectivity index (χ4n) is 2.18. The summed E-state index contributed by atoms with van der Waals surface area (Å²) in [6.07, 6.45) is 0.217. The van der Waals surface area contributed by atoms with Gasteiger partial charge < -0.3 is 14.8 Å². The lowest BCUT2D eigenvalue weighted by Crippen LogP contribution is -2.32. The fraction of sp³-hybridized carbons (Fsp3) is 0.375. The topological polar surface area (TPSA) is 143 Å². The smallest absolute Gasteiger partial charge is 0.355 e. The maximum absolute atomic E-state index is 12.2. The molecule has 0 spiro atoms. The van der Waals surface area contributed by atoms with Crippen LogP contribution in [0.15, 0.2) is 28.2 Å². The molecule has 0 aliphatic carbocycles. The quantitative estimate of drug-likeness (QED) is 0.585. The van der Waals surface area contributed by atoms with Crippen LogP contribution in [-0.4, -0.2) is 64.0 Å². The summed E-state index contributed by atoms with van der Waals surface area (Å²) in [5.74, 6) is -1.61. The Morgan fingerprint density at radius 1 is 1.29 bits per heavy atom. The van der Waals surface area contributed by atoms with E-state index in [4.69, 9.17) is 9.47 Å². The summed E-state index contributed by atoms with van der Waals surface area (Å²) in [7, 11) is 0.413. The molecule has 0 radical (unpaired) electrons. The summed E-state index contributed by atoms with van der Waals surface area (Å²) in [5, 5.41) is 6.02. The minimum Gasteiger partial charge on any atom is -0.495 e. The van der Waals surface area contributed by atoms with E-state index in [1.807, 2.05) is 0 Å². The molecule has 1 aromatic rings. The number of hydrogen-bond donors (Lipinski definition) is 2. The second-order valence-corrected chi connectivity index (χ2v) is 8.02. The first kappa shape index (κ1) is 21.3. The van der Waals surface area contributed by atoms with Crippen LogP contribution in [0.25, 0.3) is 0 Å². The van der Waals surface area contributed by atoms with Gasteiger partial charge in [-0.1, -0.05) is 0 Å². The van der Waals surface area contributed by atoms with Crippen LogP contribution in [0, 0.1) is 0 Å². The van der Waals surface area contributed by atoms with Crippen molar-refractivity contribution in [3.8, 4) is 5.75 Å². The Labute approximate surface area is 161 Å². The van der Waals surface area contributed by atoms with Crippen LogP contribution in [-0.2, 0) is 29.1 Å². The molecule has 0 atom stereocenters. The van der Waals surface area contributed by atoms with Crippen LogP contribution in [0.2, 0.25) is 0 Å². The molecule has 0 unspecified atom stereocenters. The molecule has 1 aliphatic heterocycles. The molecule has 0 bridgehead atoms. The molecule has 0 aromatic heterocycles. The van der Waals surface area contributed by atoms with Crippen molar-refractivity contribution in [1.29, 1.82) is 0 Å². The zero-order valence-corrected chi connectivity index (χ0v) is 16.3. The van der Waals surface area contributed by atoms with Gasteiger partial charge in [0.1, 0.15) is 11.5 Å². The summed E-state index contributed by atoms with van der Waals surface area (Å²) in [5.41, 5.74) is 2.26. The zero-order valence-electron chi connectivity index (χ0n) is 15.5. The number of nitrogens with one attached hydrogen (secondary N) is 2. The van der Waals surface area contributed by atoms with Crippen LogP contribution in [0.5, 0.6) is 5.75 Å². The molecular formula is C16H20N4O7S. The molecule has 11 nitrogen and oxygen atoms in total. The van der Waals surface area contributed by atoms with Crippen molar-refractivity contribution in [3.63, 3.8) is 0 Å². The summed E-state index contributed by atoms with van der Waals surface area (Å²) in [6.45, 7) is -0.625. The van der Waals surface area contributed by atoms with Gasteiger partial charge in [-0.25, -0.2) is 22.9 Å². The van der Waals surface area contributed by atoms with Gasteiger partial charge in [-0.15, -0.1) is 0 Å². The lowest BCUT2D eigenvalue weighted by atomic mass is 10.2. The van der Waals surface area contributed by atoms with E-state index < -0.39 is 28.5 Å². The minimum absolute atomic E-state index is 0.00375. The van der Waals surface area contributed by atoms with E-state index >= 15 is 0 Å². The van der Waals surface area contributed by atoms with Gasteiger partial charge in [0.25, 0.3) is 5.91 Å². The maximum Gasteiger partial charge on any atom is 0.355 e. The first-order chi connectivity index (χ1) is 13.1. The Morgan fingerprint density at radius 2 is 2.00 bits per heavy atom. The Morgan fingerprint density at radius 3 is 2.57 bits per heavy atom. The number of methoxy groups -OCH3 is 1. The van der Waals surface area contributed by atoms with Gasteiger partial charge in [-0.05, 0) is 18.2 Å². The van der Waals surface area contributed by atoms with E-state index in [0.29, 0.717) is 0 Å². The number of benzene rings is 1. The molecule has 28 heavy (non-hydrogen) atoms. The number of anilines is 1. The van der Waals surface area contributed by atoms with E-state index in [9.17, 15) is 22.8 Å². The average Bonchev–Trinajstić information content (AvgIpc) is 2.66. The molecule has 12 heteroatoms. The van der Waals surface area contributed by atoms with Crippen molar-refractivity contribution in [2.45, 2.75) is 17.7 Å². The van der Waals surface area contributed by atoms with Gasteiger partial charge >= 0.3 is 5.97 Å². The molecule has 0 saturated heterocycles. The van der Waals surface area contributed by atoms with Gasteiger partial charge in [-0.2, -0.15) is 5.10 Å². The number of amides is 2. The van der Waals surface area contributed by atoms with Crippen molar-refractivity contribution in [3.05, 3.63) is 18.2 Å². The van der Waals surface area contributed by atoms with E-state index in [-0.39, 0.29) is 40.8 Å². The Bertz CT molecular complexity index is 925. The Balaban J connectivity index is 2.06. The van der Waals surface area contributed by atoms with Crippen LogP contribution in [0.3, 0.4) is 0 Å². The standard InChI is InChI=1S/C16H20N4O7S/c1-20(2)28(24,25)10-4-6-13(26-3)12(8-10)17-15(22)9-27-16(23)11-5-7-14(21)19-18-11/h4,6,8H,5,7,9H2,1-3H3,(H,17,22)(H,19,21). The van der Waals surface area contributed by atoms with Crippen LogP contribution in [0.1, 0.15) is 12.8 Å². The molecule has 1 heterocycles. The van der Waals surface area contributed by atoms with Crippen molar-refractivity contribution >= 4 is 39.2 Å². The average molecular weight is 412 g/mol. The highest BCUT2D eigenvalue weighted by Gasteiger charge is 2.22. The summed E-state index contributed by atoms with van der Waals surface area (Å²) < 4.78 is 35.5. The fourth-order valence-corrected chi connectivity index (χ4v) is 3.11. The highest BCUT2D eigenvalue weighted by Crippen LogP contribution is 2.28. The Kier molecular flexibility index (Phi) is 6.70. The van der Waals surface area contributed by atoms with Crippen molar-refractivity contribution in [2.24, 2.45) is 5.10 Å². The molecular weight excluding hydrogens is 392 g/mol. The highest BCUT2D eigenvalue weighted by atomic mass is 32.2. The number of sulfonamides is 1. The molecule has 0 fully saturated rings. The number of ether oxygens (including phenoxy) is 2. The third-order valence-corrected chi connectivity index (χ3v) is 5.51. The first-order valence-electron chi connectivity index (χ1n) is 8.08. The minimum atomic E-state index is -3.71. The predicted octanol–water partition coefficient (Wildman–Crippen LogP) is -0.307. The summed E-state index contributed by atoms with van der Waals surface area (Å²) in [4.78, 5) is 34.9. The number of nitrogens with zero attached hydrogens (tertiary/aromatic N) is 2. The number of rotatable bonds is 7. The largest absolute Gasteiger partial charge is 0.495 e. The maximum atomic E-state index is 12.2. The normalized spacial score (nSPS) is 14.1. The van der Waals surface area contributed by atoms with Crippen molar-refractivity contribution < 1.29 is 32.3 Å². The summed E-state index contributed by atoms with van der Waals surface area (Å²) >= 11 is 0. The molecule has 2 amide bonds. The van der Waals surface area contributed by atoms with Crippen molar-refractivity contribution in [2.75, 3.05) is 33.1 Å². The number of carbonyl (C=O) groups is 3. The lowest BCUT2D eigenvalue weighted by molar-refractivity contribution is -0.140. The third kappa shape index (κ3) is 5.04. The molecule has 2 N–H and O–H groups in total. The van der Waals surface area contributed by atoms with E-state index in [1.165, 1.54) is 39.4 Å². The van der Waals surface area contributed by atoms with Gasteiger partial charge in [0.2, 0.25) is 15.9 Å². The van der Waals surface area contributed by atoms with Crippen LogP contribution in [0.4, 0.5) is 5.69 Å². The third-order valence-electron chi connectivity index (χ3n) is 3.70. The number of hydrogen-bond acceptors (Lipinski definition) is 8. The van der Waals surface area contributed by atoms with Crippen LogP contribution < -0.4 is 15.5 Å². The number of esters is 1. The van der Waals surface area contributed by atoms with Gasteiger partial charge in [0, 0.05) is 26.9 Å². The molecule has 0 saturated carbocycles. The first-order valence-corrected chi connectivity index (χ1v) is 9.52. The number of hydrazone groups is 1. The van der Waals surface area contributed by atoms with Crippen molar-refractivity contribution in [1.82, 2.24) is 9.73 Å². The molecule has 1 aromatic carbocycles. The lowest BCUT2D eigenvalue weighted by Gasteiger charge is -2.15. The molecule has 1 aliphatic rings. The van der Waals surface area contributed by atoms with Gasteiger partial charge in [0.15, 0.2) is 6.61 Å². The predicted molar refractivity (Wildman–Crippen MR) is 98.3 cm³/mol. The van der Waals surface area contributed by atoms with E-state index in [2.05, 4.69) is 15.8 Å². The van der Waals surface area contributed by atoms with E-state index in [1.54, 1.807) is 0 Å². The molecule has 2 rings (SSSR count). The second kappa shape index (κ2) is 8.80.